The van der Waals surface area contributed by atoms with Gasteiger partial charge in [-0.2, -0.15) is 22.0 Å². The van der Waals surface area contributed by atoms with Crippen LogP contribution in [0.15, 0.2) is 24.3 Å². The smallest absolute Gasteiger partial charge is 0.426 e. The molecule has 0 saturated heterocycles. The second-order valence-corrected chi connectivity index (χ2v) is 9.69. The molecular formula is C15H21F5O2Si. The summed E-state index contributed by atoms with van der Waals surface area (Å²) in [7, 11) is -2.07. The van der Waals surface area contributed by atoms with Crippen molar-refractivity contribution < 1.29 is 31.1 Å². The first kappa shape index (κ1) is 19.9. The van der Waals surface area contributed by atoms with Crippen LogP contribution >= 0.6 is 0 Å². The number of hydrogen-bond acceptors (Lipinski definition) is 2. The van der Waals surface area contributed by atoms with E-state index in [1.54, 1.807) is 6.07 Å². The van der Waals surface area contributed by atoms with Crippen molar-refractivity contribution >= 4 is 8.32 Å². The largest absolute Gasteiger partial charge is 0.499 e. The lowest BCUT2D eigenvalue weighted by atomic mass is 10.2. The van der Waals surface area contributed by atoms with Crippen molar-refractivity contribution in [2.45, 2.75) is 51.2 Å². The molecule has 0 aliphatic rings. The van der Waals surface area contributed by atoms with Gasteiger partial charge in [0.1, 0.15) is 5.75 Å². The molecule has 0 radical (unpaired) electrons. The highest BCUT2D eigenvalue weighted by molar-refractivity contribution is 6.73. The van der Waals surface area contributed by atoms with Crippen molar-refractivity contribution in [3.8, 4) is 5.75 Å². The third kappa shape index (κ3) is 5.17. The lowest BCUT2D eigenvalue weighted by molar-refractivity contribution is -0.360. The van der Waals surface area contributed by atoms with E-state index in [0.717, 1.165) is 18.2 Å². The van der Waals surface area contributed by atoms with Crippen LogP contribution in [0.25, 0.3) is 0 Å². The molecule has 2 nitrogen and oxygen atoms in total. The number of hydrogen-bond donors (Lipinski definition) is 0. The Labute approximate surface area is 133 Å². The van der Waals surface area contributed by atoms with Gasteiger partial charge in [-0.3, -0.25) is 0 Å². The van der Waals surface area contributed by atoms with Crippen LogP contribution in [0.5, 0.6) is 5.75 Å². The first-order chi connectivity index (χ1) is 10.6. The van der Waals surface area contributed by atoms with Gasteiger partial charge in [-0.15, -0.1) is 0 Å². The van der Waals surface area contributed by atoms with Gasteiger partial charge in [0.2, 0.25) is 0 Å². The van der Waals surface area contributed by atoms with E-state index in [9.17, 15) is 22.0 Å². The number of ether oxygens (including phenoxy) is 1. The van der Waals surface area contributed by atoms with Crippen LogP contribution in [-0.4, -0.2) is 27.2 Å². The van der Waals surface area contributed by atoms with E-state index in [1.165, 1.54) is 12.1 Å². The highest BCUT2D eigenvalue weighted by Crippen LogP contribution is 2.37. The van der Waals surface area contributed by atoms with E-state index in [4.69, 9.17) is 4.43 Å². The van der Waals surface area contributed by atoms with Crippen LogP contribution in [0.1, 0.15) is 26.3 Å². The molecule has 0 aromatic heterocycles. The highest BCUT2D eigenvalue weighted by atomic mass is 28.4. The normalized spacial score (nSPS) is 13.2. The number of halogens is 5. The van der Waals surface area contributed by atoms with Crippen LogP contribution < -0.4 is 4.74 Å². The lowest BCUT2D eigenvalue weighted by Gasteiger charge is -2.29. The Morgan fingerprint density at radius 3 is 2.09 bits per heavy atom. The zero-order valence-corrected chi connectivity index (χ0v) is 14.3. The fraction of sp³-hybridized carbons (Fsp3) is 0.600. The van der Waals surface area contributed by atoms with Gasteiger partial charge in [-0.25, -0.2) is 0 Å². The molecule has 0 fully saturated rings. The molecule has 0 aliphatic carbocycles. The molecule has 0 atom stereocenters. The quantitative estimate of drug-likeness (QED) is 0.463. The van der Waals surface area contributed by atoms with E-state index in [1.807, 2.05) is 20.8 Å². The Morgan fingerprint density at radius 1 is 1.00 bits per heavy atom. The summed E-state index contributed by atoms with van der Waals surface area (Å²) >= 11 is 0. The van der Waals surface area contributed by atoms with Gasteiger partial charge in [0.15, 0.2) is 8.32 Å². The van der Waals surface area contributed by atoms with Crippen molar-refractivity contribution in [3.05, 3.63) is 29.8 Å². The van der Waals surface area contributed by atoms with Crippen molar-refractivity contribution in [1.82, 2.24) is 0 Å². The van der Waals surface area contributed by atoms with Gasteiger partial charge >= 0.3 is 12.3 Å². The zero-order chi connectivity index (χ0) is 17.7. The molecule has 1 rings (SSSR count). The summed E-state index contributed by atoms with van der Waals surface area (Å²) in [5, 5.41) is 0. The van der Waals surface area contributed by atoms with Crippen LogP contribution in [0, 0.1) is 0 Å². The number of rotatable bonds is 8. The van der Waals surface area contributed by atoms with E-state index >= 15 is 0 Å². The van der Waals surface area contributed by atoms with Crippen molar-refractivity contribution in [2.75, 3.05) is 6.61 Å². The molecule has 23 heavy (non-hydrogen) atoms. The van der Waals surface area contributed by atoms with E-state index < -0.39 is 26.4 Å². The third-order valence-electron chi connectivity index (χ3n) is 3.74. The molecule has 1 aromatic carbocycles. The fourth-order valence-corrected chi connectivity index (χ4v) is 5.44. The third-order valence-corrected chi connectivity index (χ3v) is 8.27. The molecule has 8 heteroatoms. The Balaban J connectivity index is 2.97. The van der Waals surface area contributed by atoms with Crippen LogP contribution in [0.3, 0.4) is 0 Å². The van der Waals surface area contributed by atoms with Crippen LogP contribution in [-0.2, 0) is 10.5 Å². The van der Waals surface area contributed by atoms with Gasteiger partial charge in [0.05, 0.1) is 0 Å². The Bertz CT molecular complexity index is 501. The molecule has 0 heterocycles. The van der Waals surface area contributed by atoms with E-state index in [-0.39, 0.29) is 0 Å². The minimum Gasteiger partial charge on any atom is -0.426 e. The SMILES string of the molecule is CCO[Si](CC)(CC)Cc1cccc(OC(F)(F)C(F)(F)F)c1. The first-order valence-corrected chi connectivity index (χ1v) is 9.98. The minimum atomic E-state index is -5.75. The molecular weight excluding hydrogens is 335 g/mol. The maximum absolute atomic E-state index is 13.0. The van der Waals surface area contributed by atoms with E-state index in [2.05, 4.69) is 4.74 Å². The topological polar surface area (TPSA) is 18.5 Å². The minimum absolute atomic E-state index is 0.503. The Hall–Kier alpha value is -1.15. The van der Waals surface area contributed by atoms with Gasteiger partial charge < -0.3 is 9.16 Å². The number of alkyl halides is 5. The average molecular weight is 356 g/mol. The van der Waals surface area contributed by atoms with Crippen LogP contribution in [0.4, 0.5) is 22.0 Å². The highest BCUT2D eigenvalue weighted by Gasteiger charge is 2.61. The summed E-state index contributed by atoms with van der Waals surface area (Å²) in [4.78, 5) is 0. The van der Waals surface area contributed by atoms with Crippen molar-refractivity contribution in [3.63, 3.8) is 0 Å². The predicted molar refractivity (Wildman–Crippen MR) is 80.1 cm³/mol. The van der Waals surface area contributed by atoms with Gasteiger partial charge in [0.25, 0.3) is 0 Å². The van der Waals surface area contributed by atoms with Crippen LogP contribution in [0.2, 0.25) is 12.1 Å². The first-order valence-electron chi connectivity index (χ1n) is 7.45. The van der Waals surface area contributed by atoms with Gasteiger partial charge in [-0.1, -0.05) is 26.0 Å². The maximum atomic E-state index is 13.0. The molecule has 0 saturated carbocycles. The summed E-state index contributed by atoms with van der Waals surface area (Å²) in [5.41, 5.74) is 0.643. The molecule has 0 spiro atoms. The van der Waals surface area contributed by atoms with Gasteiger partial charge in [0, 0.05) is 6.61 Å². The summed E-state index contributed by atoms with van der Waals surface area (Å²) < 4.78 is 72.3. The second kappa shape index (κ2) is 7.61. The van der Waals surface area contributed by atoms with Crippen molar-refractivity contribution in [2.24, 2.45) is 0 Å². The maximum Gasteiger partial charge on any atom is 0.499 e. The summed E-state index contributed by atoms with van der Waals surface area (Å²) in [6.07, 6.45) is -11.0. The molecule has 1 aromatic rings. The monoisotopic (exact) mass is 356 g/mol. The molecule has 132 valence electrons. The van der Waals surface area contributed by atoms with E-state index in [0.29, 0.717) is 18.2 Å². The predicted octanol–water partition coefficient (Wildman–Crippen LogP) is 5.32. The molecule has 0 aliphatic heterocycles. The summed E-state index contributed by atoms with van der Waals surface area (Å²) in [5.74, 6) is -0.503. The average Bonchev–Trinajstić information content (AvgIpc) is 2.45. The Kier molecular flexibility index (Phi) is 6.58. The summed E-state index contributed by atoms with van der Waals surface area (Å²) in [6.45, 7) is 6.44. The molecule has 0 bridgehead atoms. The van der Waals surface area contributed by atoms with Gasteiger partial charge in [-0.05, 0) is 42.8 Å². The molecule has 0 unspecified atom stereocenters. The molecule has 0 N–H and O–H groups in total. The zero-order valence-electron chi connectivity index (χ0n) is 13.3. The fourth-order valence-electron chi connectivity index (χ4n) is 2.36. The number of benzene rings is 1. The summed E-state index contributed by atoms with van der Waals surface area (Å²) in [6, 6.07) is 7.62. The standard InChI is InChI=1S/C15H21F5O2Si/c1-4-21-23(5-2,6-3)11-12-8-7-9-13(10-12)22-15(19,20)14(16,17)18/h7-10H,4-6,11H2,1-3H3. The second-order valence-electron chi connectivity index (χ2n) is 5.26. The molecule has 0 amide bonds. The lowest BCUT2D eigenvalue weighted by Crippen LogP contribution is -2.42. The van der Waals surface area contributed by atoms with Crippen molar-refractivity contribution in [1.29, 1.82) is 0 Å². The Morgan fingerprint density at radius 2 is 1.61 bits per heavy atom.